The van der Waals surface area contributed by atoms with Gasteiger partial charge in [0.2, 0.25) is 0 Å². The van der Waals surface area contributed by atoms with E-state index in [0.29, 0.717) is 114 Å². The van der Waals surface area contributed by atoms with Gasteiger partial charge in [-0.25, -0.2) is 31.9 Å². The molecule has 0 heterocycles. The molecule has 0 atom stereocenters. The summed E-state index contributed by atoms with van der Waals surface area (Å²) in [5.74, 6) is 0.205. The van der Waals surface area contributed by atoms with Crippen molar-refractivity contribution in [3.8, 4) is 69.0 Å². The third kappa shape index (κ3) is 31.6. The van der Waals surface area contributed by atoms with Crippen LogP contribution in [0.5, 0.6) is 69.0 Å². The smallest absolute Gasteiger partial charge is 0.339 e. The summed E-state index contributed by atoms with van der Waals surface area (Å²) in [6.45, 7) is 11.4. The Morgan fingerprint density at radius 3 is 0.831 bits per heavy atom. The number of carboxylic acids is 3. The van der Waals surface area contributed by atoms with Crippen LogP contribution in [0.3, 0.4) is 0 Å². The number of benzene rings is 10. The van der Waals surface area contributed by atoms with Crippen molar-refractivity contribution in [1.82, 2.24) is 0 Å². The monoisotopic (exact) mass is 1820 g/mol. The number of carbonyl (C=O) groups is 8. The van der Waals surface area contributed by atoms with E-state index >= 15 is 0 Å². The Labute approximate surface area is 741 Å². The SMILES string of the molecule is CC(=O)CC(C)=O.CCc1cccc(Cl)c1F.COc1cc(OC)c(C(=O)Cl)cc1Cc1cccc(Cl)c1F.COc1cc(OC)c(C(=O)O)cc1C.COc1cc(OC)c(C(=O)O)cc1Cc1cccc(Cl)c1F.COc1cc(OC)c(C(C)=O)cc1C.COc1cc(OC)c(C(C)=O)cc1Cc1cccc(Cl)c1F.COc1ccc(C(=O)O)c(OC)c1. The molecule has 23 nitrogen and oxygen atoms in total. The predicted octanol–water partition coefficient (Wildman–Crippen LogP) is 21.5. The van der Waals surface area contributed by atoms with E-state index in [9.17, 15) is 61.0 Å². The molecule has 10 rings (SSSR count). The zero-order chi connectivity index (χ0) is 93.5. The first kappa shape index (κ1) is 106. The molecular weight excluding hydrogens is 1730 g/mol. The molecule has 3 N–H and O–H groups in total. The van der Waals surface area contributed by atoms with Gasteiger partial charge in [0.15, 0.2) is 11.6 Å². The van der Waals surface area contributed by atoms with E-state index in [0.717, 1.165) is 16.9 Å². The first-order valence-electron chi connectivity index (χ1n) is 36.7. The van der Waals surface area contributed by atoms with Gasteiger partial charge >= 0.3 is 17.9 Å². The highest BCUT2D eigenvalue weighted by Crippen LogP contribution is 2.38. The Morgan fingerprint density at radius 2 is 0.556 bits per heavy atom. The molecule has 32 heteroatoms. The largest absolute Gasteiger partial charge is 0.497 e. The molecule has 0 aliphatic heterocycles. The highest BCUT2D eigenvalue weighted by molar-refractivity contribution is 6.68. The molecule has 0 aliphatic carbocycles. The summed E-state index contributed by atoms with van der Waals surface area (Å²) < 4.78 is 116. The van der Waals surface area contributed by atoms with E-state index in [-0.39, 0.29) is 103 Å². The minimum absolute atomic E-state index is 0.00685. The zero-order valence-corrected chi connectivity index (χ0v) is 75.2. The Balaban J connectivity index is 0.000000374. The zero-order valence-electron chi connectivity index (χ0n) is 71.4. The standard InChI is InChI=1S/C17H16ClFO3.C16H13Cl2FO3.C16H14ClFO4.C11H14O3.C10H12O4.C9H10O4.C8H8ClF.C5H8O2/c1-10(20)13-8-12(15(21-2)9-16(13)22-3)7-11-5-4-6-14(18)17(11)19;1-21-13-8-14(22-2)11(16(18)20)7-10(13)6-9-4-3-5-12(17)15(9)19;1-21-13-8-14(22-2)11(16(19)20)7-10(13)6-9-4-3-5-12(17)15(9)18;1-7-5-9(8(2)12)11(14-4)6-10(7)13-3;1-6-4-7(10(11)12)9(14-3)5-8(6)13-2;1-12-6-3-4-7(9(10)11)8(5-6)13-2;1-2-6-4-3-5-7(9)8(6)10;1-4(6)3-5(2)7/h4-6,8-9H,7H2,1-3H3;3-5,7-8H,6H2,1-2H3;3-5,7-8H,6H2,1-2H3,(H,19,20);5-6H,1-4H3;4-5H,1-3H3,(H,11,12);3-5H,1-2H3,(H,10,11);3-5H,2H2,1H3;3H2,1-2H3. The van der Waals surface area contributed by atoms with Crippen molar-refractivity contribution < 1.29 is 128 Å². The van der Waals surface area contributed by atoms with Gasteiger partial charge in [0, 0.05) is 55.7 Å². The maximum atomic E-state index is 14.1. The fourth-order valence-electron chi connectivity index (χ4n) is 11.3. The van der Waals surface area contributed by atoms with Crippen LogP contribution in [-0.4, -0.2) is 147 Å². The average Bonchev–Trinajstić information content (AvgIpc) is 0.794. The van der Waals surface area contributed by atoms with Crippen LogP contribution >= 0.6 is 58.0 Å². The van der Waals surface area contributed by atoms with Crippen molar-refractivity contribution in [2.75, 3.05) is 85.3 Å². The highest BCUT2D eigenvalue weighted by atomic mass is 35.5. The van der Waals surface area contributed by atoms with Crippen molar-refractivity contribution in [2.45, 2.75) is 80.6 Å². The number of carbonyl (C=O) groups excluding carboxylic acids is 5. The number of Topliss-reactive ketones (excluding diaryl/α,β-unsaturated/α-hetero) is 4. The number of halogens is 9. The quantitative estimate of drug-likeness (QED) is 0.0186. The maximum absolute atomic E-state index is 14.1. The third-order valence-electron chi connectivity index (χ3n) is 17.5. The topological polar surface area (TPSA) is 308 Å². The van der Waals surface area contributed by atoms with Gasteiger partial charge in [-0.1, -0.05) is 102 Å². The van der Waals surface area contributed by atoms with Gasteiger partial charge in [-0.05, 0) is 176 Å². The molecule has 0 unspecified atom stereocenters. The fourth-order valence-corrected chi connectivity index (χ4v) is 12.2. The second-order valence-corrected chi connectivity index (χ2v) is 27.8. The minimum atomic E-state index is -1.13. The Morgan fingerprint density at radius 1 is 0.298 bits per heavy atom. The number of aryl methyl sites for hydroxylation is 3. The number of hydrogen-bond donors (Lipinski definition) is 3. The Bertz CT molecular complexity index is 5020. The van der Waals surface area contributed by atoms with Crippen LogP contribution in [-0.2, 0) is 35.3 Å². The van der Waals surface area contributed by atoms with Gasteiger partial charge < -0.3 is 72.2 Å². The molecule has 0 radical (unpaired) electrons. The molecule has 0 saturated carbocycles. The molecular formula is C92H95Cl5F4O23. The van der Waals surface area contributed by atoms with Gasteiger partial charge in [0.25, 0.3) is 5.24 Å². The number of ketones is 4. The summed E-state index contributed by atoms with van der Waals surface area (Å²) in [5, 5.41) is 26.5. The van der Waals surface area contributed by atoms with E-state index in [1.807, 2.05) is 13.8 Å². The lowest BCUT2D eigenvalue weighted by Gasteiger charge is -2.14. The number of ether oxygens (including phenoxy) is 12. The molecule has 0 fully saturated rings. The van der Waals surface area contributed by atoms with E-state index in [4.69, 9.17) is 125 Å². The number of methoxy groups -OCH3 is 12. The Kier molecular flexibility index (Phi) is 45.2. The lowest BCUT2D eigenvalue weighted by atomic mass is 9.99. The van der Waals surface area contributed by atoms with Crippen molar-refractivity contribution in [3.63, 3.8) is 0 Å². The van der Waals surface area contributed by atoms with Crippen LogP contribution in [0.15, 0.2) is 152 Å². The van der Waals surface area contributed by atoms with Crippen LogP contribution in [0.2, 0.25) is 20.1 Å². The predicted molar refractivity (Wildman–Crippen MR) is 467 cm³/mol. The number of hydrogen-bond acceptors (Lipinski definition) is 20. The second kappa shape index (κ2) is 52.9. The van der Waals surface area contributed by atoms with Crippen LogP contribution < -0.4 is 56.8 Å². The van der Waals surface area contributed by atoms with E-state index < -0.39 is 40.6 Å². The lowest BCUT2D eigenvalue weighted by molar-refractivity contribution is -0.124. The van der Waals surface area contributed by atoms with Crippen molar-refractivity contribution >= 4 is 104 Å². The first-order chi connectivity index (χ1) is 58.7. The molecule has 10 aromatic rings. The summed E-state index contributed by atoms with van der Waals surface area (Å²) in [7, 11) is 17.7. The van der Waals surface area contributed by atoms with Crippen molar-refractivity contribution in [3.05, 3.63) is 278 Å². The van der Waals surface area contributed by atoms with Crippen LogP contribution in [0, 0.1) is 37.1 Å². The summed E-state index contributed by atoms with van der Waals surface area (Å²) in [6, 6.07) is 39.7. The number of rotatable bonds is 27. The lowest BCUT2D eigenvalue weighted by Crippen LogP contribution is -2.05. The molecule has 0 spiro atoms. The van der Waals surface area contributed by atoms with Gasteiger partial charge in [-0.3, -0.25) is 24.0 Å². The molecule has 124 heavy (non-hydrogen) atoms. The summed E-state index contributed by atoms with van der Waals surface area (Å²) in [6.07, 6.45) is 1.39. The molecule has 664 valence electrons. The Hall–Kier alpha value is -12.3. The van der Waals surface area contributed by atoms with Gasteiger partial charge in [-0.2, -0.15) is 0 Å². The average molecular weight is 1820 g/mol. The van der Waals surface area contributed by atoms with Crippen molar-refractivity contribution in [2.24, 2.45) is 0 Å². The van der Waals surface area contributed by atoms with E-state index in [1.54, 1.807) is 111 Å². The van der Waals surface area contributed by atoms with Gasteiger partial charge in [-0.15, -0.1) is 0 Å². The third-order valence-corrected chi connectivity index (χ3v) is 18.8. The second-order valence-electron chi connectivity index (χ2n) is 25.8. The van der Waals surface area contributed by atoms with Crippen LogP contribution in [0.4, 0.5) is 17.6 Å². The van der Waals surface area contributed by atoms with Gasteiger partial charge in [0.05, 0.1) is 129 Å². The minimum Gasteiger partial charge on any atom is -0.497 e. The fraction of sp³-hybridized carbons (Fsp3) is 0.261. The van der Waals surface area contributed by atoms with E-state index in [1.165, 1.54) is 161 Å². The first-order valence-corrected chi connectivity index (χ1v) is 38.6. The summed E-state index contributed by atoms with van der Waals surface area (Å²) >= 11 is 28.4. The molecule has 0 bridgehead atoms. The number of aromatic carboxylic acids is 3. The molecule has 10 aromatic carbocycles. The van der Waals surface area contributed by atoms with Crippen LogP contribution in [0.1, 0.15) is 153 Å². The van der Waals surface area contributed by atoms with Crippen LogP contribution in [0.25, 0.3) is 0 Å². The number of carboxylic acid groups (broad SMARTS) is 3. The summed E-state index contributed by atoms with van der Waals surface area (Å²) in [4.78, 5) is 87.3. The summed E-state index contributed by atoms with van der Waals surface area (Å²) in [5.41, 5.74) is 6.85. The molecule has 0 saturated heterocycles. The normalized spacial score (nSPS) is 9.97. The molecule has 0 amide bonds. The highest BCUT2D eigenvalue weighted by Gasteiger charge is 2.23. The van der Waals surface area contributed by atoms with Gasteiger partial charge in [0.1, 0.15) is 121 Å². The maximum Gasteiger partial charge on any atom is 0.339 e. The van der Waals surface area contributed by atoms with E-state index in [2.05, 4.69) is 0 Å². The van der Waals surface area contributed by atoms with Crippen molar-refractivity contribution in [1.29, 1.82) is 0 Å². The molecule has 0 aliphatic rings. The molecule has 0 aromatic heterocycles.